The molecular formula is C14H16N4O3S. The molecule has 2 aliphatic heterocycles. The molecule has 2 fully saturated rings. The Hall–Kier alpha value is -1.93. The van der Waals surface area contributed by atoms with Crippen molar-refractivity contribution in [3.8, 4) is 0 Å². The van der Waals surface area contributed by atoms with Gasteiger partial charge in [0.1, 0.15) is 6.61 Å². The van der Waals surface area contributed by atoms with E-state index >= 15 is 0 Å². The van der Waals surface area contributed by atoms with E-state index in [9.17, 15) is 9.59 Å². The van der Waals surface area contributed by atoms with E-state index in [0.717, 1.165) is 28.6 Å². The second-order valence-corrected chi connectivity index (χ2v) is 6.95. The van der Waals surface area contributed by atoms with Crippen LogP contribution in [0.4, 0.5) is 4.79 Å². The molecule has 7 nitrogen and oxygen atoms in total. The van der Waals surface area contributed by atoms with Crippen molar-refractivity contribution < 1.29 is 9.53 Å². The van der Waals surface area contributed by atoms with Crippen molar-refractivity contribution in [2.75, 3.05) is 26.2 Å². The van der Waals surface area contributed by atoms with Gasteiger partial charge < -0.3 is 4.74 Å². The largest absolute Gasteiger partial charge is 0.447 e. The normalized spacial score (nSPS) is 22.1. The van der Waals surface area contributed by atoms with Gasteiger partial charge in [-0.1, -0.05) is 0 Å². The number of fused-ring (bicyclic) bond motifs is 2. The summed E-state index contributed by atoms with van der Waals surface area (Å²) in [6.07, 6.45) is 1.61. The molecule has 22 heavy (non-hydrogen) atoms. The first kappa shape index (κ1) is 13.7. The summed E-state index contributed by atoms with van der Waals surface area (Å²) in [4.78, 5) is 34.0. The molecule has 2 aromatic heterocycles. The molecule has 0 N–H and O–H groups in total. The van der Waals surface area contributed by atoms with E-state index in [4.69, 9.17) is 4.74 Å². The van der Waals surface area contributed by atoms with Gasteiger partial charge in [-0.2, -0.15) is 0 Å². The van der Waals surface area contributed by atoms with E-state index in [1.165, 1.54) is 11.3 Å². The molecule has 4 rings (SSSR count). The lowest BCUT2D eigenvalue weighted by atomic mass is 10.2. The number of rotatable bonds is 2. The highest BCUT2D eigenvalue weighted by atomic mass is 32.1. The first-order valence-corrected chi connectivity index (χ1v) is 8.06. The van der Waals surface area contributed by atoms with Crippen molar-refractivity contribution in [2.24, 2.45) is 0 Å². The number of hydrogen-bond donors (Lipinski definition) is 0. The number of cyclic esters (lactones) is 1. The number of nitrogens with zero attached hydrogens (tertiary/aromatic N) is 4. The Morgan fingerprint density at radius 3 is 3.14 bits per heavy atom. The molecule has 0 unspecified atom stereocenters. The quantitative estimate of drug-likeness (QED) is 0.815. The molecule has 0 bridgehead atoms. The summed E-state index contributed by atoms with van der Waals surface area (Å²) in [5.41, 5.74) is 0.743. The second-order valence-electron chi connectivity index (χ2n) is 5.74. The third kappa shape index (κ3) is 2.28. The van der Waals surface area contributed by atoms with Crippen molar-refractivity contribution in [1.29, 1.82) is 0 Å². The van der Waals surface area contributed by atoms with Crippen LogP contribution in [0.1, 0.15) is 10.6 Å². The highest BCUT2D eigenvalue weighted by Gasteiger charge is 2.37. The highest BCUT2D eigenvalue weighted by molar-refractivity contribution is 7.16. The Bertz CT molecular complexity index is 799. The SMILES string of the molecule is Cc1cn2c(=O)cc(CN3CCN4C(=O)OC[C@H]4C3)nc2s1. The van der Waals surface area contributed by atoms with Crippen molar-refractivity contribution in [1.82, 2.24) is 19.2 Å². The first-order valence-electron chi connectivity index (χ1n) is 7.24. The minimum atomic E-state index is -0.212. The summed E-state index contributed by atoms with van der Waals surface area (Å²) in [5.74, 6) is 0. The number of hydrogen-bond acceptors (Lipinski definition) is 6. The summed E-state index contributed by atoms with van der Waals surface area (Å²) in [7, 11) is 0. The molecule has 0 saturated carbocycles. The molecule has 116 valence electrons. The lowest BCUT2D eigenvalue weighted by Crippen LogP contribution is -2.51. The molecule has 1 atom stereocenters. The van der Waals surface area contributed by atoms with E-state index in [2.05, 4.69) is 9.88 Å². The number of carbonyl (C=O) groups is 1. The summed E-state index contributed by atoms with van der Waals surface area (Å²) >= 11 is 1.52. The monoisotopic (exact) mass is 320 g/mol. The van der Waals surface area contributed by atoms with Crippen LogP contribution in [0.2, 0.25) is 0 Å². The average Bonchev–Trinajstić information content (AvgIpc) is 3.02. The minimum absolute atomic E-state index is 0.0395. The Labute approximate surface area is 130 Å². The van der Waals surface area contributed by atoms with Gasteiger partial charge in [-0.05, 0) is 6.92 Å². The zero-order valence-corrected chi connectivity index (χ0v) is 13.0. The van der Waals surface area contributed by atoms with Gasteiger partial charge in [0.2, 0.25) is 0 Å². The zero-order chi connectivity index (χ0) is 15.3. The lowest BCUT2D eigenvalue weighted by Gasteiger charge is -2.35. The molecule has 0 radical (unpaired) electrons. The van der Waals surface area contributed by atoms with Crippen molar-refractivity contribution in [3.05, 3.63) is 33.2 Å². The summed E-state index contributed by atoms with van der Waals surface area (Å²) in [6.45, 7) is 5.25. The topological polar surface area (TPSA) is 67.2 Å². The van der Waals surface area contributed by atoms with Crippen LogP contribution in [0.5, 0.6) is 0 Å². The van der Waals surface area contributed by atoms with Gasteiger partial charge in [0.05, 0.1) is 11.7 Å². The highest BCUT2D eigenvalue weighted by Crippen LogP contribution is 2.19. The van der Waals surface area contributed by atoms with Gasteiger partial charge in [-0.3, -0.25) is 19.0 Å². The fraction of sp³-hybridized carbons (Fsp3) is 0.500. The van der Waals surface area contributed by atoms with Crippen LogP contribution in [0.25, 0.3) is 4.96 Å². The molecule has 0 aliphatic carbocycles. The molecule has 2 aliphatic rings. The lowest BCUT2D eigenvalue weighted by molar-refractivity contribution is 0.114. The average molecular weight is 320 g/mol. The van der Waals surface area contributed by atoms with Crippen molar-refractivity contribution >= 4 is 22.4 Å². The predicted octanol–water partition coefficient (Wildman–Crippen LogP) is 0.701. The molecular weight excluding hydrogens is 304 g/mol. The van der Waals surface area contributed by atoms with Gasteiger partial charge in [0.15, 0.2) is 4.96 Å². The number of piperazine rings is 1. The van der Waals surface area contributed by atoms with E-state index in [-0.39, 0.29) is 17.7 Å². The van der Waals surface area contributed by atoms with E-state index < -0.39 is 0 Å². The van der Waals surface area contributed by atoms with Crippen LogP contribution < -0.4 is 5.56 Å². The predicted molar refractivity (Wildman–Crippen MR) is 81.2 cm³/mol. The van der Waals surface area contributed by atoms with Crippen LogP contribution in [0, 0.1) is 6.92 Å². The Morgan fingerprint density at radius 1 is 1.41 bits per heavy atom. The van der Waals surface area contributed by atoms with Crippen molar-refractivity contribution in [2.45, 2.75) is 19.5 Å². The number of aromatic nitrogens is 2. The van der Waals surface area contributed by atoms with E-state index in [1.54, 1.807) is 15.4 Å². The minimum Gasteiger partial charge on any atom is -0.447 e. The van der Waals surface area contributed by atoms with Gasteiger partial charge in [0.25, 0.3) is 5.56 Å². The van der Waals surface area contributed by atoms with E-state index in [1.807, 2.05) is 13.1 Å². The molecule has 2 saturated heterocycles. The number of ether oxygens (including phenoxy) is 1. The van der Waals surface area contributed by atoms with Crippen LogP contribution in [-0.4, -0.2) is 57.6 Å². The standard InChI is InChI=1S/C14H16N4O3S/c1-9-5-18-12(19)4-10(15-13(18)22-9)6-16-2-3-17-11(7-16)8-21-14(17)20/h4-5,11H,2-3,6-8H2,1H3/t11-/m1/s1. The smallest absolute Gasteiger partial charge is 0.410 e. The van der Waals surface area contributed by atoms with Crippen LogP contribution in [0.3, 0.4) is 0 Å². The maximum Gasteiger partial charge on any atom is 0.410 e. The first-order chi connectivity index (χ1) is 10.6. The maximum atomic E-state index is 12.1. The van der Waals surface area contributed by atoms with Gasteiger partial charge >= 0.3 is 6.09 Å². The number of aryl methyl sites for hydroxylation is 1. The summed E-state index contributed by atoms with van der Waals surface area (Å²) < 4.78 is 6.66. The van der Waals surface area contributed by atoms with Crippen LogP contribution >= 0.6 is 11.3 Å². The van der Waals surface area contributed by atoms with E-state index in [0.29, 0.717) is 19.7 Å². The number of thiazole rings is 1. The van der Waals surface area contributed by atoms with Crippen molar-refractivity contribution in [3.63, 3.8) is 0 Å². The fourth-order valence-corrected chi connectivity index (χ4v) is 3.92. The summed E-state index contributed by atoms with van der Waals surface area (Å²) in [5, 5.41) is 0. The van der Waals surface area contributed by atoms with Gasteiger partial charge in [0, 0.05) is 43.3 Å². The Kier molecular flexibility index (Phi) is 3.16. The molecule has 8 heteroatoms. The third-order valence-corrected chi connectivity index (χ3v) is 5.02. The van der Waals surface area contributed by atoms with Crippen LogP contribution in [0.15, 0.2) is 17.1 Å². The van der Waals surface area contributed by atoms with Gasteiger partial charge in [-0.25, -0.2) is 9.78 Å². The molecule has 0 aromatic carbocycles. The molecule has 4 heterocycles. The Balaban J connectivity index is 1.54. The molecule has 1 amide bonds. The third-order valence-electron chi connectivity index (χ3n) is 4.12. The molecule has 2 aromatic rings. The number of carbonyl (C=O) groups excluding carboxylic acids is 1. The maximum absolute atomic E-state index is 12.1. The fourth-order valence-electron chi connectivity index (χ4n) is 3.07. The summed E-state index contributed by atoms with van der Waals surface area (Å²) in [6, 6.07) is 1.72. The Morgan fingerprint density at radius 2 is 2.27 bits per heavy atom. The van der Waals surface area contributed by atoms with Crippen LogP contribution in [-0.2, 0) is 11.3 Å². The second kappa shape index (κ2) is 5.06. The zero-order valence-electron chi connectivity index (χ0n) is 12.2. The molecule has 0 spiro atoms. The number of amides is 1. The van der Waals surface area contributed by atoms with Gasteiger partial charge in [-0.15, -0.1) is 11.3 Å².